The maximum absolute atomic E-state index is 13.2. The molecule has 1 aromatic rings. The first-order valence-corrected chi connectivity index (χ1v) is 4.49. The molecule has 1 rings (SSSR count). The highest BCUT2D eigenvalue weighted by atomic mass is 19.2. The van der Waals surface area contributed by atoms with Crippen molar-refractivity contribution in [2.24, 2.45) is 0 Å². The van der Waals surface area contributed by atoms with Crippen molar-refractivity contribution in [3.8, 4) is 18.1 Å². The van der Waals surface area contributed by atoms with Crippen LogP contribution in [-0.2, 0) is 0 Å². The Hall–Kier alpha value is -1.70. The summed E-state index contributed by atoms with van der Waals surface area (Å²) in [7, 11) is 0. The molecule has 0 aliphatic carbocycles. The second-order valence-electron chi connectivity index (χ2n) is 2.95. The van der Waals surface area contributed by atoms with Crippen LogP contribution < -0.4 is 4.74 Å². The van der Waals surface area contributed by atoms with Crippen molar-refractivity contribution >= 4 is 0 Å². The zero-order valence-electron chi connectivity index (χ0n) is 8.41. The van der Waals surface area contributed by atoms with E-state index in [1.54, 1.807) is 12.8 Å². The van der Waals surface area contributed by atoms with Crippen molar-refractivity contribution in [3.63, 3.8) is 0 Å². The summed E-state index contributed by atoms with van der Waals surface area (Å²) in [5, 5.41) is 0. The van der Waals surface area contributed by atoms with E-state index in [4.69, 9.17) is 6.42 Å². The third-order valence-electron chi connectivity index (χ3n) is 1.82. The maximum Gasteiger partial charge on any atom is 0.205 e. The van der Waals surface area contributed by atoms with Crippen molar-refractivity contribution in [1.29, 1.82) is 0 Å². The van der Waals surface area contributed by atoms with E-state index in [-0.39, 0.29) is 6.61 Å². The molecule has 0 heterocycles. The van der Waals surface area contributed by atoms with Crippen molar-refractivity contribution in [1.82, 2.24) is 0 Å². The van der Waals surface area contributed by atoms with E-state index in [0.29, 0.717) is 6.42 Å². The van der Waals surface area contributed by atoms with Gasteiger partial charge >= 0.3 is 0 Å². The van der Waals surface area contributed by atoms with Crippen LogP contribution >= 0.6 is 0 Å². The maximum atomic E-state index is 13.2. The number of ether oxygens (including phenoxy) is 1. The third-order valence-corrected chi connectivity index (χ3v) is 1.82. The molecule has 0 spiro atoms. The lowest BCUT2D eigenvalue weighted by atomic mass is 10.1. The summed E-state index contributed by atoms with van der Waals surface area (Å²) in [5.74, 6) is -5.99. The quantitative estimate of drug-likeness (QED) is 0.442. The van der Waals surface area contributed by atoms with Crippen LogP contribution in [0.15, 0.2) is 0 Å². The third kappa shape index (κ3) is 1.96. The van der Waals surface area contributed by atoms with E-state index in [0.717, 1.165) is 0 Å². The molecule has 0 aromatic heterocycles. The van der Waals surface area contributed by atoms with Crippen LogP contribution in [0.2, 0.25) is 0 Å². The van der Waals surface area contributed by atoms with Gasteiger partial charge in [-0.1, -0.05) is 12.8 Å². The monoisotopic (exact) mass is 232 g/mol. The molecule has 0 aliphatic heterocycles. The Kier molecular flexibility index (Phi) is 3.78. The van der Waals surface area contributed by atoms with E-state index in [1.807, 2.05) is 0 Å². The molecule has 5 heteroatoms. The van der Waals surface area contributed by atoms with Gasteiger partial charge in [0.2, 0.25) is 11.6 Å². The van der Waals surface area contributed by atoms with Crippen molar-refractivity contribution < 1.29 is 22.3 Å². The fraction of sp³-hybridized carbons (Fsp3) is 0.273. The predicted octanol–water partition coefficient (Wildman–Crippen LogP) is 3.01. The summed E-state index contributed by atoms with van der Waals surface area (Å²) in [4.78, 5) is 0. The molecule has 0 amide bonds. The van der Waals surface area contributed by atoms with Gasteiger partial charge in [0.25, 0.3) is 0 Å². The van der Waals surface area contributed by atoms with E-state index in [1.165, 1.54) is 0 Å². The van der Waals surface area contributed by atoms with Gasteiger partial charge in [0.05, 0.1) is 6.61 Å². The van der Waals surface area contributed by atoms with Gasteiger partial charge in [-0.3, -0.25) is 0 Å². The summed E-state index contributed by atoms with van der Waals surface area (Å²) in [5.41, 5.74) is -1.07. The highest BCUT2D eigenvalue weighted by Gasteiger charge is 2.25. The van der Waals surface area contributed by atoms with E-state index < -0.39 is 34.6 Å². The van der Waals surface area contributed by atoms with Crippen LogP contribution in [0, 0.1) is 35.6 Å². The fourth-order valence-corrected chi connectivity index (χ4v) is 1.07. The average molecular weight is 232 g/mol. The van der Waals surface area contributed by atoms with Crippen LogP contribution in [0.4, 0.5) is 17.6 Å². The largest absolute Gasteiger partial charge is 0.487 e. The van der Waals surface area contributed by atoms with Crippen LogP contribution in [0.25, 0.3) is 0 Å². The molecule has 0 N–H and O–H groups in total. The normalized spacial score (nSPS) is 10.0. The first-order valence-electron chi connectivity index (χ1n) is 4.49. The van der Waals surface area contributed by atoms with E-state index in [2.05, 4.69) is 4.74 Å². The Labute approximate surface area is 90.0 Å². The second-order valence-corrected chi connectivity index (χ2v) is 2.95. The molecule has 1 aromatic carbocycles. The van der Waals surface area contributed by atoms with Crippen LogP contribution in [0.3, 0.4) is 0 Å². The first kappa shape index (κ1) is 12.4. The zero-order valence-corrected chi connectivity index (χ0v) is 8.41. The summed E-state index contributed by atoms with van der Waals surface area (Å²) >= 11 is 0. The number of hydrogen-bond acceptors (Lipinski definition) is 1. The summed E-state index contributed by atoms with van der Waals surface area (Å²) in [6.45, 7) is 1.63. The second kappa shape index (κ2) is 4.88. The number of benzene rings is 1. The molecule has 0 aliphatic rings. The Bertz CT molecular complexity index is 419. The van der Waals surface area contributed by atoms with Crippen molar-refractivity contribution in [3.05, 3.63) is 28.8 Å². The lowest BCUT2D eigenvalue weighted by molar-refractivity contribution is 0.271. The van der Waals surface area contributed by atoms with Crippen LogP contribution in [0.5, 0.6) is 5.75 Å². The smallest absolute Gasteiger partial charge is 0.205 e. The molecule has 1 nitrogen and oxygen atoms in total. The molecule has 0 unspecified atom stereocenters. The standard InChI is InChI=1S/C11H8F4O/c1-3-5-16-11-9(14)7(12)6(4-2)8(13)10(11)15/h2H,3,5H2,1H3. The van der Waals surface area contributed by atoms with Crippen LogP contribution in [-0.4, -0.2) is 6.61 Å². The molecule has 0 bridgehead atoms. The summed E-state index contributed by atoms with van der Waals surface area (Å²) in [6, 6.07) is 0. The van der Waals surface area contributed by atoms with Gasteiger partial charge in [0, 0.05) is 0 Å². The average Bonchev–Trinajstić information content (AvgIpc) is 2.27. The van der Waals surface area contributed by atoms with Gasteiger partial charge in [-0.05, 0) is 6.42 Å². The lowest BCUT2D eigenvalue weighted by Crippen LogP contribution is -2.07. The molecule has 0 saturated carbocycles. The minimum atomic E-state index is -1.62. The van der Waals surface area contributed by atoms with Crippen molar-refractivity contribution in [2.75, 3.05) is 6.61 Å². The number of halogens is 4. The van der Waals surface area contributed by atoms with Gasteiger partial charge < -0.3 is 4.74 Å². The predicted molar refractivity (Wildman–Crippen MR) is 50.0 cm³/mol. The Morgan fingerprint density at radius 2 is 1.56 bits per heavy atom. The van der Waals surface area contributed by atoms with E-state index >= 15 is 0 Å². The van der Waals surface area contributed by atoms with Gasteiger partial charge in [-0.15, -0.1) is 6.42 Å². The Morgan fingerprint density at radius 3 is 1.94 bits per heavy atom. The molecule has 16 heavy (non-hydrogen) atoms. The lowest BCUT2D eigenvalue weighted by Gasteiger charge is -2.09. The Morgan fingerprint density at radius 1 is 1.06 bits per heavy atom. The SMILES string of the molecule is C#Cc1c(F)c(F)c(OCCC)c(F)c1F. The van der Waals surface area contributed by atoms with Crippen molar-refractivity contribution in [2.45, 2.75) is 13.3 Å². The summed E-state index contributed by atoms with van der Waals surface area (Å²) in [6.07, 6.45) is 5.18. The van der Waals surface area contributed by atoms with Crippen LogP contribution in [0.1, 0.15) is 18.9 Å². The van der Waals surface area contributed by atoms with Gasteiger partial charge in [0.1, 0.15) is 5.56 Å². The minimum Gasteiger partial charge on any atom is -0.487 e. The highest BCUT2D eigenvalue weighted by Crippen LogP contribution is 2.29. The molecular formula is C11H8F4O. The van der Waals surface area contributed by atoms with Gasteiger partial charge in [0.15, 0.2) is 17.4 Å². The molecule has 0 atom stereocenters. The number of rotatable bonds is 3. The Balaban J connectivity index is 3.37. The molecule has 0 saturated heterocycles. The van der Waals surface area contributed by atoms with Gasteiger partial charge in [-0.2, -0.15) is 8.78 Å². The fourth-order valence-electron chi connectivity index (χ4n) is 1.07. The topological polar surface area (TPSA) is 9.23 Å². The minimum absolute atomic E-state index is 0.0535. The molecule has 86 valence electrons. The highest BCUT2D eigenvalue weighted by molar-refractivity contribution is 5.42. The summed E-state index contributed by atoms with van der Waals surface area (Å²) < 4.78 is 57.3. The molecule has 0 fully saturated rings. The number of terminal acetylenes is 1. The molecule has 0 radical (unpaired) electrons. The number of hydrogen-bond donors (Lipinski definition) is 0. The van der Waals surface area contributed by atoms with E-state index in [9.17, 15) is 17.6 Å². The molecular weight excluding hydrogens is 224 g/mol. The van der Waals surface area contributed by atoms with Gasteiger partial charge in [-0.25, -0.2) is 8.78 Å². The zero-order chi connectivity index (χ0) is 12.3. The first-order chi connectivity index (χ1) is 7.54.